The van der Waals surface area contributed by atoms with Crippen molar-refractivity contribution in [1.29, 1.82) is 0 Å². The van der Waals surface area contributed by atoms with Crippen LogP contribution in [0.25, 0.3) is 0 Å². The second-order valence-electron chi connectivity index (χ2n) is 2.28. The highest BCUT2D eigenvalue weighted by Crippen LogP contribution is 2.10. The van der Waals surface area contributed by atoms with Crippen molar-refractivity contribution < 1.29 is 0 Å². The van der Waals surface area contributed by atoms with Crippen LogP contribution in [0.1, 0.15) is 18.4 Å². The average Bonchev–Trinajstić information content (AvgIpc) is 2.37. The standard InChI is InChI=1S/C7H12N2/c1-6(4-8)7-2-3-9-5-7/h2-3,5-6,9H,4,8H2,1H3. The van der Waals surface area contributed by atoms with Crippen molar-refractivity contribution in [3.8, 4) is 0 Å². The van der Waals surface area contributed by atoms with Crippen LogP contribution in [0.5, 0.6) is 0 Å². The van der Waals surface area contributed by atoms with Crippen LogP contribution in [0.2, 0.25) is 0 Å². The lowest BCUT2D eigenvalue weighted by molar-refractivity contribution is 0.775. The Morgan fingerprint density at radius 3 is 3.00 bits per heavy atom. The number of H-pyrrole nitrogens is 1. The van der Waals surface area contributed by atoms with Gasteiger partial charge in [-0.2, -0.15) is 0 Å². The van der Waals surface area contributed by atoms with Crippen molar-refractivity contribution in [2.24, 2.45) is 5.73 Å². The molecule has 0 aromatic carbocycles. The van der Waals surface area contributed by atoms with Gasteiger partial charge in [0, 0.05) is 12.4 Å². The summed E-state index contributed by atoms with van der Waals surface area (Å²) in [7, 11) is 0. The van der Waals surface area contributed by atoms with E-state index in [4.69, 9.17) is 5.73 Å². The van der Waals surface area contributed by atoms with Crippen LogP contribution in [0, 0.1) is 0 Å². The van der Waals surface area contributed by atoms with Crippen LogP contribution < -0.4 is 5.73 Å². The molecule has 0 saturated carbocycles. The lowest BCUT2D eigenvalue weighted by atomic mass is 10.1. The molecule has 0 saturated heterocycles. The molecule has 1 heterocycles. The zero-order valence-corrected chi connectivity index (χ0v) is 5.59. The van der Waals surface area contributed by atoms with E-state index in [1.54, 1.807) is 0 Å². The molecule has 1 unspecified atom stereocenters. The zero-order chi connectivity index (χ0) is 6.69. The highest BCUT2D eigenvalue weighted by Gasteiger charge is 2.00. The summed E-state index contributed by atoms with van der Waals surface area (Å²) in [6.07, 6.45) is 3.90. The van der Waals surface area contributed by atoms with E-state index >= 15 is 0 Å². The van der Waals surface area contributed by atoms with Gasteiger partial charge >= 0.3 is 0 Å². The minimum atomic E-state index is 0.483. The molecule has 1 rings (SSSR count). The summed E-state index contributed by atoms with van der Waals surface area (Å²) >= 11 is 0. The third kappa shape index (κ3) is 1.33. The van der Waals surface area contributed by atoms with Gasteiger partial charge in [-0.25, -0.2) is 0 Å². The van der Waals surface area contributed by atoms with Crippen molar-refractivity contribution in [2.75, 3.05) is 6.54 Å². The topological polar surface area (TPSA) is 41.8 Å². The summed E-state index contributed by atoms with van der Waals surface area (Å²) in [5.41, 5.74) is 6.74. The number of rotatable bonds is 2. The zero-order valence-electron chi connectivity index (χ0n) is 5.59. The van der Waals surface area contributed by atoms with Crippen molar-refractivity contribution >= 4 is 0 Å². The minimum absolute atomic E-state index is 0.483. The Morgan fingerprint density at radius 2 is 2.56 bits per heavy atom. The molecule has 0 aliphatic carbocycles. The molecule has 0 radical (unpaired) electrons. The molecule has 0 spiro atoms. The first-order valence-corrected chi connectivity index (χ1v) is 3.17. The van der Waals surface area contributed by atoms with E-state index in [1.165, 1.54) is 5.56 Å². The highest BCUT2D eigenvalue weighted by molar-refractivity contribution is 5.13. The van der Waals surface area contributed by atoms with Crippen molar-refractivity contribution in [3.63, 3.8) is 0 Å². The summed E-state index contributed by atoms with van der Waals surface area (Å²) in [6.45, 7) is 2.83. The summed E-state index contributed by atoms with van der Waals surface area (Å²) in [4.78, 5) is 2.99. The molecular formula is C7H12N2. The van der Waals surface area contributed by atoms with Gasteiger partial charge in [-0.05, 0) is 24.1 Å². The number of hydrogen-bond acceptors (Lipinski definition) is 1. The third-order valence-corrected chi connectivity index (χ3v) is 1.54. The fraction of sp³-hybridized carbons (Fsp3) is 0.429. The maximum Gasteiger partial charge on any atom is 0.00405 e. The fourth-order valence-electron chi connectivity index (χ4n) is 0.779. The van der Waals surface area contributed by atoms with Gasteiger partial charge in [0.25, 0.3) is 0 Å². The largest absolute Gasteiger partial charge is 0.367 e. The number of hydrogen-bond donors (Lipinski definition) is 2. The number of nitrogens with one attached hydrogen (secondary N) is 1. The number of aromatic nitrogens is 1. The summed E-state index contributed by atoms with van der Waals surface area (Å²) in [5.74, 6) is 0.483. The van der Waals surface area contributed by atoms with Crippen LogP contribution >= 0.6 is 0 Å². The summed E-state index contributed by atoms with van der Waals surface area (Å²) in [5, 5.41) is 0. The van der Waals surface area contributed by atoms with E-state index < -0.39 is 0 Å². The molecular weight excluding hydrogens is 112 g/mol. The lowest BCUT2D eigenvalue weighted by Crippen LogP contribution is -2.07. The van der Waals surface area contributed by atoms with Gasteiger partial charge in [-0.15, -0.1) is 0 Å². The van der Waals surface area contributed by atoms with Gasteiger partial charge in [0.15, 0.2) is 0 Å². The Morgan fingerprint density at radius 1 is 1.78 bits per heavy atom. The molecule has 0 amide bonds. The van der Waals surface area contributed by atoms with Gasteiger partial charge in [-0.1, -0.05) is 6.92 Å². The van der Waals surface area contributed by atoms with E-state index in [0.717, 1.165) is 6.54 Å². The van der Waals surface area contributed by atoms with Gasteiger partial charge < -0.3 is 10.7 Å². The van der Waals surface area contributed by atoms with Crippen LogP contribution in [0.3, 0.4) is 0 Å². The fourth-order valence-corrected chi connectivity index (χ4v) is 0.779. The Labute approximate surface area is 55.1 Å². The van der Waals surface area contributed by atoms with Gasteiger partial charge in [0.1, 0.15) is 0 Å². The Kier molecular flexibility index (Phi) is 1.90. The Hall–Kier alpha value is -0.760. The van der Waals surface area contributed by atoms with Crippen LogP contribution in [-0.4, -0.2) is 11.5 Å². The first-order chi connectivity index (χ1) is 4.34. The molecule has 0 bridgehead atoms. The number of aromatic amines is 1. The van der Waals surface area contributed by atoms with Crippen molar-refractivity contribution in [2.45, 2.75) is 12.8 Å². The van der Waals surface area contributed by atoms with Gasteiger partial charge in [0.2, 0.25) is 0 Å². The predicted octanol–water partition coefficient (Wildman–Crippen LogP) is 1.08. The first kappa shape index (κ1) is 6.36. The SMILES string of the molecule is CC(CN)c1cc[nH]c1. The quantitative estimate of drug-likeness (QED) is 0.608. The second-order valence-corrected chi connectivity index (χ2v) is 2.28. The lowest BCUT2D eigenvalue weighted by Gasteiger charge is -2.02. The average molecular weight is 124 g/mol. The summed E-state index contributed by atoms with van der Waals surface area (Å²) in [6, 6.07) is 2.05. The van der Waals surface area contributed by atoms with Gasteiger partial charge in [0.05, 0.1) is 0 Å². The van der Waals surface area contributed by atoms with E-state index in [1.807, 2.05) is 12.4 Å². The van der Waals surface area contributed by atoms with E-state index in [0.29, 0.717) is 5.92 Å². The van der Waals surface area contributed by atoms with E-state index in [-0.39, 0.29) is 0 Å². The normalized spacial score (nSPS) is 13.6. The van der Waals surface area contributed by atoms with Gasteiger partial charge in [-0.3, -0.25) is 0 Å². The van der Waals surface area contributed by atoms with Crippen LogP contribution in [0.15, 0.2) is 18.5 Å². The molecule has 1 aromatic rings. The van der Waals surface area contributed by atoms with Crippen LogP contribution in [-0.2, 0) is 0 Å². The third-order valence-electron chi connectivity index (χ3n) is 1.54. The molecule has 9 heavy (non-hydrogen) atoms. The van der Waals surface area contributed by atoms with E-state index in [9.17, 15) is 0 Å². The van der Waals surface area contributed by atoms with Crippen molar-refractivity contribution in [3.05, 3.63) is 24.0 Å². The highest BCUT2D eigenvalue weighted by atomic mass is 14.6. The smallest absolute Gasteiger partial charge is 0.00405 e. The van der Waals surface area contributed by atoms with Crippen molar-refractivity contribution in [1.82, 2.24) is 4.98 Å². The molecule has 3 N–H and O–H groups in total. The number of nitrogens with two attached hydrogens (primary N) is 1. The molecule has 1 aromatic heterocycles. The monoisotopic (exact) mass is 124 g/mol. The molecule has 0 aliphatic rings. The maximum absolute atomic E-state index is 5.45. The molecule has 0 aliphatic heterocycles. The molecule has 2 nitrogen and oxygen atoms in total. The molecule has 0 fully saturated rings. The minimum Gasteiger partial charge on any atom is -0.367 e. The Bertz CT molecular complexity index is 155. The first-order valence-electron chi connectivity index (χ1n) is 3.17. The predicted molar refractivity (Wildman–Crippen MR) is 38.3 cm³/mol. The van der Waals surface area contributed by atoms with Crippen LogP contribution in [0.4, 0.5) is 0 Å². The summed E-state index contributed by atoms with van der Waals surface area (Å²) < 4.78 is 0. The molecule has 1 atom stereocenters. The molecule has 50 valence electrons. The molecule has 2 heteroatoms. The Balaban J connectivity index is 2.65. The maximum atomic E-state index is 5.45. The van der Waals surface area contributed by atoms with E-state index in [2.05, 4.69) is 18.0 Å². The second kappa shape index (κ2) is 2.69.